The number of nitriles is 1. The first-order valence-corrected chi connectivity index (χ1v) is 9.58. The molecule has 0 heterocycles. The molecule has 31 heavy (non-hydrogen) atoms. The van der Waals surface area contributed by atoms with Crippen molar-refractivity contribution in [2.75, 3.05) is 5.32 Å². The number of anilines is 1. The van der Waals surface area contributed by atoms with Gasteiger partial charge in [-0.25, -0.2) is 4.79 Å². The maximum atomic E-state index is 12.6. The quantitative estimate of drug-likeness (QED) is 0.396. The van der Waals surface area contributed by atoms with Crippen LogP contribution in [-0.4, -0.2) is 17.0 Å². The molecule has 1 amide bonds. The lowest BCUT2D eigenvalue weighted by atomic mass is 10.1. The number of amides is 1. The predicted molar refractivity (Wildman–Crippen MR) is 118 cm³/mol. The molecular weight excluding hydrogens is 416 g/mol. The summed E-state index contributed by atoms with van der Waals surface area (Å²) >= 11 is 6.16. The first-order valence-electron chi connectivity index (χ1n) is 9.20. The van der Waals surface area contributed by atoms with Gasteiger partial charge in [0.1, 0.15) is 24.0 Å². The zero-order chi connectivity index (χ0) is 22.2. The molecule has 0 unspecified atom stereocenters. The molecule has 0 saturated carbocycles. The summed E-state index contributed by atoms with van der Waals surface area (Å²) in [4.78, 5) is 23.9. The van der Waals surface area contributed by atoms with Gasteiger partial charge in [-0.2, -0.15) is 5.26 Å². The van der Waals surface area contributed by atoms with Gasteiger partial charge in [-0.3, -0.25) is 4.79 Å². The van der Waals surface area contributed by atoms with Crippen LogP contribution >= 0.6 is 11.6 Å². The first-order chi connectivity index (χ1) is 15.0. The molecule has 0 fully saturated rings. The lowest BCUT2D eigenvalue weighted by molar-refractivity contribution is -0.112. The number of aromatic carboxylic acids is 1. The first kappa shape index (κ1) is 21.6. The zero-order valence-corrected chi connectivity index (χ0v) is 17.0. The average molecular weight is 433 g/mol. The Morgan fingerprint density at radius 3 is 2.45 bits per heavy atom. The molecule has 0 saturated heterocycles. The normalized spacial score (nSPS) is 10.8. The number of carbonyl (C=O) groups excluding carboxylic acids is 1. The van der Waals surface area contributed by atoms with Gasteiger partial charge in [0.25, 0.3) is 5.91 Å². The van der Waals surface area contributed by atoms with E-state index in [1.165, 1.54) is 18.2 Å². The van der Waals surface area contributed by atoms with E-state index >= 15 is 0 Å². The number of ether oxygens (including phenoxy) is 1. The lowest BCUT2D eigenvalue weighted by Gasteiger charge is -2.11. The molecule has 0 radical (unpaired) electrons. The summed E-state index contributed by atoms with van der Waals surface area (Å²) in [7, 11) is 0. The van der Waals surface area contributed by atoms with E-state index in [1.54, 1.807) is 42.5 Å². The van der Waals surface area contributed by atoms with Crippen LogP contribution in [-0.2, 0) is 11.4 Å². The Morgan fingerprint density at radius 2 is 1.71 bits per heavy atom. The lowest BCUT2D eigenvalue weighted by Crippen LogP contribution is -2.16. The Balaban J connectivity index is 1.83. The summed E-state index contributed by atoms with van der Waals surface area (Å²) in [6.07, 6.45) is 1.39. The van der Waals surface area contributed by atoms with E-state index < -0.39 is 11.9 Å². The van der Waals surface area contributed by atoms with Crippen molar-refractivity contribution in [1.82, 2.24) is 0 Å². The van der Waals surface area contributed by atoms with Gasteiger partial charge in [-0.05, 0) is 30.3 Å². The highest BCUT2D eigenvalue weighted by Crippen LogP contribution is 2.24. The van der Waals surface area contributed by atoms with E-state index in [9.17, 15) is 20.0 Å². The SMILES string of the molecule is N#C/C(=C\c1ccccc1OCc1ccccc1Cl)C(=O)Nc1ccccc1C(=O)O. The molecule has 0 atom stereocenters. The van der Waals surface area contributed by atoms with Gasteiger partial charge in [0.2, 0.25) is 0 Å². The summed E-state index contributed by atoms with van der Waals surface area (Å²) in [5.74, 6) is -1.44. The molecule has 6 nitrogen and oxygen atoms in total. The van der Waals surface area contributed by atoms with Gasteiger partial charge in [0.05, 0.1) is 11.3 Å². The second-order valence-corrected chi connectivity index (χ2v) is 6.80. The van der Waals surface area contributed by atoms with Gasteiger partial charge < -0.3 is 15.2 Å². The number of carboxylic acid groups (broad SMARTS) is 1. The molecule has 3 rings (SSSR count). The van der Waals surface area contributed by atoms with Crippen molar-refractivity contribution < 1.29 is 19.4 Å². The Morgan fingerprint density at radius 1 is 1.03 bits per heavy atom. The standard InChI is InChI=1S/C24H17ClN2O4/c25-20-10-4-1-8-17(20)15-31-22-12-6-2-7-16(22)13-18(14-26)23(28)27-21-11-5-3-9-19(21)24(29)30/h1-13H,15H2,(H,27,28)(H,29,30)/b18-13+. The monoisotopic (exact) mass is 432 g/mol. The summed E-state index contributed by atoms with van der Waals surface area (Å²) in [5, 5.41) is 21.8. The van der Waals surface area contributed by atoms with E-state index in [1.807, 2.05) is 24.3 Å². The second kappa shape index (κ2) is 10.1. The summed E-state index contributed by atoms with van der Waals surface area (Å²) in [6, 6.07) is 22.0. The molecule has 0 bridgehead atoms. The van der Waals surface area contributed by atoms with Crippen molar-refractivity contribution >= 4 is 35.2 Å². The van der Waals surface area contributed by atoms with Crippen molar-refractivity contribution in [2.24, 2.45) is 0 Å². The number of carbonyl (C=O) groups is 2. The number of para-hydroxylation sites is 2. The Bertz CT molecular complexity index is 1200. The molecule has 3 aromatic carbocycles. The van der Waals surface area contributed by atoms with E-state index in [0.29, 0.717) is 16.3 Å². The van der Waals surface area contributed by atoms with Crippen molar-refractivity contribution in [2.45, 2.75) is 6.61 Å². The minimum absolute atomic E-state index is 0.0726. The maximum Gasteiger partial charge on any atom is 0.337 e. The van der Waals surface area contributed by atoms with Crippen LogP contribution in [0.3, 0.4) is 0 Å². The summed E-state index contributed by atoms with van der Waals surface area (Å²) in [6.45, 7) is 0.213. The van der Waals surface area contributed by atoms with Crippen molar-refractivity contribution in [3.8, 4) is 11.8 Å². The van der Waals surface area contributed by atoms with E-state index in [-0.39, 0.29) is 23.4 Å². The van der Waals surface area contributed by atoms with Gasteiger partial charge >= 0.3 is 5.97 Å². The minimum Gasteiger partial charge on any atom is -0.488 e. The minimum atomic E-state index is -1.18. The molecule has 0 spiro atoms. The van der Waals surface area contributed by atoms with Crippen LogP contribution < -0.4 is 10.1 Å². The third kappa shape index (κ3) is 5.50. The third-order valence-corrected chi connectivity index (χ3v) is 4.70. The number of rotatable bonds is 7. The molecular formula is C24H17ClN2O4. The molecule has 0 aliphatic heterocycles. The highest BCUT2D eigenvalue weighted by molar-refractivity contribution is 6.31. The summed E-state index contributed by atoms with van der Waals surface area (Å²) in [5.41, 5.74) is 1.15. The average Bonchev–Trinajstić information content (AvgIpc) is 2.77. The molecule has 154 valence electrons. The van der Waals surface area contributed by atoms with E-state index in [0.717, 1.165) is 5.56 Å². The molecule has 0 aliphatic carbocycles. The van der Waals surface area contributed by atoms with Gasteiger partial charge in [0.15, 0.2) is 0 Å². The number of hydrogen-bond donors (Lipinski definition) is 2. The van der Waals surface area contributed by atoms with Crippen LogP contribution in [0.1, 0.15) is 21.5 Å². The van der Waals surface area contributed by atoms with Gasteiger partial charge in [0, 0.05) is 16.1 Å². The molecule has 2 N–H and O–H groups in total. The van der Waals surface area contributed by atoms with Gasteiger partial charge in [-0.15, -0.1) is 0 Å². The zero-order valence-electron chi connectivity index (χ0n) is 16.2. The highest BCUT2D eigenvalue weighted by atomic mass is 35.5. The van der Waals surface area contributed by atoms with E-state index in [4.69, 9.17) is 16.3 Å². The Labute approximate surface area is 184 Å². The van der Waals surface area contributed by atoms with Crippen LogP contribution in [0.25, 0.3) is 6.08 Å². The smallest absolute Gasteiger partial charge is 0.337 e. The van der Waals surface area contributed by atoms with Crippen LogP contribution in [0.5, 0.6) is 5.75 Å². The van der Waals surface area contributed by atoms with Crippen molar-refractivity contribution in [3.63, 3.8) is 0 Å². The molecule has 0 aliphatic rings. The van der Waals surface area contributed by atoms with Crippen LogP contribution in [0, 0.1) is 11.3 Å². The van der Waals surface area contributed by atoms with Crippen molar-refractivity contribution in [3.05, 3.63) is 100 Å². The maximum absolute atomic E-state index is 12.6. The highest BCUT2D eigenvalue weighted by Gasteiger charge is 2.15. The second-order valence-electron chi connectivity index (χ2n) is 6.39. The number of carboxylic acids is 1. The fraction of sp³-hybridized carbons (Fsp3) is 0.0417. The van der Waals surface area contributed by atoms with Crippen molar-refractivity contribution in [1.29, 1.82) is 5.26 Å². The number of nitrogens with one attached hydrogen (secondary N) is 1. The fourth-order valence-corrected chi connectivity index (χ4v) is 2.96. The largest absolute Gasteiger partial charge is 0.488 e. The molecule has 0 aromatic heterocycles. The van der Waals surface area contributed by atoms with Crippen LogP contribution in [0.4, 0.5) is 5.69 Å². The Hall–Kier alpha value is -4.08. The van der Waals surface area contributed by atoms with Crippen LogP contribution in [0.15, 0.2) is 78.4 Å². The van der Waals surface area contributed by atoms with E-state index in [2.05, 4.69) is 5.32 Å². The number of nitrogens with zero attached hydrogens (tertiary/aromatic N) is 1. The fourth-order valence-electron chi connectivity index (χ4n) is 2.77. The molecule has 3 aromatic rings. The van der Waals surface area contributed by atoms with Gasteiger partial charge in [-0.1, -0.05) is 60.1 Å². The van der Waals surface area contributed by atoms with Crippen LogP contribution in [0.2, 0.25) is 5.02 Å². The number of hydrogen-bond acceptors (Lipinski definition) is 4. The molecule has 7 heteroatoms. The Kier molecular flexibility index (Phi) is 7.05. The number of benzene rings is 3. The number of halogens is 1. The summed E-state index contributed by atoms with van der Waals surface area (Å²) < 4.78 is 5.85. The third-order valence-electron chi connectivity index (χ3n) is 4.33. The predicted octanol–water partition coefficient (Wildman–Crippen LogP) is 5.16. The topological polar surface area (TPSA) is 99.4 Å².